The van der Waals surface area contributed by atoms with Crippen molar-refractivity contribution < 1.29 is 4.79 Å². The number of thioether (sulfide) groups is 1. The molecule has 3 rings (SSSR count). The number of carbonyl (C=O) groups is 1. The number of carbonyl (C=O) groups excluding carboxylic acids is 1. The lowest BCUT2D eigenvalue weighted by atomic mass is 10.2. The van der Waals surface area contributed by atoms with E-state index in [1.165, 1.54) is 10.5 Å². The topological polar surface area (TPSA) is 41.4 Å². The molecule has 0 spiro atoms. The van der Waals surface area contributed by atoms with Gasteiger partial charge in [-0.05, 0) is 57.0 Å². The zero-order valence-corrected chi connectivity index (χ0v) is 19.2. The van der Waals surface area contributed by atoms with Gasteiger partial charge in [0.2, 0.25) is 5.91 Å². The fraction of sp³-hybridized carbons (Fsp3) is 0.333. The third-order valence-electron chi connectivity index (χ3n) is 5.28. The van der Waals surface area contributed by atoms with Crippen molar-refractivity contribution in [3.8, 4) is 5.69 Å². The van der Waals surface area contributed by atoms with Crippen molar-refractivity contribution in [2.24, 2.45) is 0 Å². The second-order valence-electron chi connectivity index (χ2n) is 7.67. The number of rotatable bonds is 8. The number of likely N-dealkylation sites (N-methyl/N-ethyl adjacent to an activating group) is 2. The van der Waals surface area contributed by atoms with E-state index in [9.17, 15) is 4.79 Å². The van der Waals surface area contributed by atoms with Crippen molar-refractivity contribution in [3.63, 3.8) is 0 Å². The number of benzene rings is 2. The smallest absolute Gasteiger partial charge is 0.236 e. The van der Waals surface area contributed by atoms with Gasteiger partial charge < -0.3 is 4.90 Å². The summed E-state index contributed by atoms with van der Waals surface area (Å²) in [4.78, 5) is 17.8. The molecule has 0 bridgehead atoms. The molecule has 0 N–H and O–H groups in total. The average Bonchev–Trinajstić information content (AvgIpc) is 3.03. The summed E-state index contributed by atoms with van der Waals surface area (Å²) >= 11 is 1.72. The van der Waals surface area contributed by atoms with Gasteiger partial charge in [-0.3, -0.25) is 9.69 Å². The van der Waals surface area contributed by atoms with E-state index in [1.54, 1.807) is 16.7 Å². The molecule has 2 aromatic carbocycles. The average molecular weight is 423 g/mol. The molecule has 0 atom stereocenters. The highest BCUT2D eigenvalue weighted by atomic mass is 32.2. The molecule has 0 fully saturated rings. The van der Waals surface area contributed by atoms with Crippen LogP contribution in [0.2, 0.25) is 0 Å². The van der Waals surface area contributed by atoms with Gasteiger partial charge in [-0.25, -0.2) is 4.68 Å². The molecule has 1 heterocycles. The third kappa shape index (κ3) is 5.32. The molecule has 0 radical (unpaired) electrons. The number of amides is 1. The van der Waals surface area contributed by atoms with Crippen molar-refractivity contribution in [2.45, 2.75) is 31.8 Å². The number of hydrogen-bond acceptors (Lipinski definition) is 4. The number of aryl methyl sites for hydroxylation is 1. The van der Waals surface area contributed by atoms with Gasteiger partial charge in [-0.15, -0.1) is 11.8 Å². The summed E-state index contributed by atoms with van der Waals surface area (Å²) in [6.45, 7) is 5.79. The molecule has 30 heavy (non-hydrogen) atoms. The Kier molecular flexibility index (Phi) is 7.34. The van der Waals surface area contributed by atoms with Crippen LogP contribution in [0.25, 0.3) is 5.69 Å². The molecule has 0 aliphatic rings. The summed E-state index contributed by atoms with van der Waals surface area (Å²) in [5.74, 6) is 0.109. The highest BCUT2D eigenvalue weighted by molar-refractivity contribution is 7.98. The van der Waals surface area contributed by atoms with Crippen molar-refractivity contribution in [1.29, 1.82) is 0 Å². The predicted molar refractivity (Wildman–Crippen MR) is 124 cm³/mol. The summed E-state index contributed by atoms with van der Waals surface area (Å²) in [6, 6.07) is 18.5. The second-order valence-corrected chi connectivity index (χ2v) is 8.55. The summed E-state index contributed by atoms with van der Waals surface area (Å²) in [5, 5.41) is 4.71. The van der Waals surface area contributed by atoms with E-state index in [4.69, 9.17) is 5.10 Å². The van der Waals surface area contributed by atoms with Crippen LogP contribution in [-0.4, -0.2) is 52.4 Å². The zero-order chi connectivity index (χ0) is 21.7. The Labute approximate surface area is 183 Å². The van der Waals surface area contributed by atoms with Gasteiger partial charge in [0.1, 0.15) is 0 Å². The monoisotopic (exact) mass is 422 g/mol. The maximum absolute atomic E-state index is 12.7. The molecule has 0 aliphatic heterocycles. The highest BCUT2D eigenvalue weighted by Gasteiger charge is 2.17. The molecule has 0 unspecified atom stereocenters. The largest absolute Gasteiger partial charge is 0.340 e. The fourth-order valence-corrected chi connectivity index (χ4v) is 3.90. The van der Waals surface area contributed by atoms with Gasteiger partial charge in [0.15, 0.2) is 0 Å². The van der Waals surface area contributed by atoms with Gasteiger partial charge in [-0.2, -0.15) is 5.10 Å². The summed E-state index contributed by atoms with van der Waals surface area (Å²) in [5.41, 5.74) is 5.47. The van der Waals surface area contributed by atoms with Gasteiger partial charge in [0, 0.05) is 36.3 Å². The van der Waals surface area contributed by atoms with Crippen LogP contribution in [0.15, 0.2) is 59.5 Å². The van der Waals surface area contributed by atoms with Crippen LogP contribution in [0.3, 0.4) is 0 Å². The van der Waals surface area contributed by atoms with E-state index < -0.39 is 0 Å². The Bertz CT molecular complexity index is 982. The zero-order valence-electron chi connectivity index (χ0n) is 18.4. The molecule has 6 heteroatoms. The van der Waals surface area contributed by atoms with Crippen LogP contribution in [-0.2, 0) is 17.9 Å². The van der Waals surface area contributed by atoms with Crippen molar-refractivity contribution >= 4 is 17.7 Å². The Hall–Kier alpha value is -2.57. The summed E-state index contributed by atoms with van der Waals surface area (Å²) in [7, 11) is 3.85. The normalized spacial score (nSPS) is 11.1. The SMILES string of the molecule is CSc1ccc(CN(C)C(=O)CN(C)Cc2c(C)nn(-c3ccccc3)c2C)cc1. The van der Waals surface area contributed by atoms with Gasteiger partial charge >= 0.3 is 0 Å². The third-order valence-corrected chi connectivity index (χ3v) is 6.02. The quantitative estimate of drug-likeness (QED) is 0.508. The number of hydrogen-bond donors (Lipinski definition) is 0. The lowest BCUT2D eigenvalue weighted by Crippen LogP contribution is -2.36. The molecule has 1 aromatic heterocycles. The van der Waals surface area contributed by atoms with E-state index in [1.807, 2.05) is 43.9 Å². The first-order chi connectivity index (χ1) is 14.4. The molecule has 3 aromatic rings. The standard InChI is InChI=1S/C24H30N4OS/c1-18-23(19(2)28(25-18)21-9-7-6-8-10-21)16-26(3)17-24(29)27(4)15-20-11-13-22(30-5)14-12-20/h6-14H,15-17H2,1-5H3. The van der Waals surface area contributed by atoms with Crippen LogP contribution in [0, 0.1) is 13.8 Å². The Morgan fingerprint density at radius 3 is 2.30 bits per heavy atom. The van der Waals surface area contributed by atoms with E-state index in [0.29, 0.717) is 19.6 Å². The first-order valence-corrected chi connectivity index (χ1v) is 11.3. The second kappa shape index (κ2) is 9.96. The Morgan fingerprint density at radius 1 is 1.00 bits per heavy atom. The van der Waals surface area contributed by atoms with Gasteiger partial charge in [-0.1, -0.05) is 30.3 Å². The Morgan fingerprint density at radius 2 is 1.67 bits per heavy atom. The van der Waals surface area contributed by atoms with Crippen LogP contribution < -0.4 is 0 Å². The maximum Gasteiger partial charge on any atom is 0.236 e. The molecule has 0 aliphatic carbocycles. The van der Waals surface area contributed by atoms with Crippen LogP contribution in [0.1, 0.15) is 22.5 Å². The Balaban J connectivity index is 1.61. The molecule has 0 saturated carbocycles. The predicted octanol–water partition coefficient (Wildman–Crippen LogP) is 4.30. The van der Waals surface area contributed by atoms with Crippen molar-refractivity contribution in [2.75, 3.05) is 26.9 Å². The summed E-state index contributed by atoms with van der Waals surface area (Å²) in [6.07, 6.45) is 2.06. The minimum absolute atomic E-state index is 0.109. The minimum atomic E-state index is 0.109. The molecular weight excluding hydrogens is 392 g/mol. The highest BCUT2D eigenvalue weighted by Crippen LogP contribution is 2.19. The van der Waals surface area contributed by atoms with Gasteiger partial charge in [0.05, 0.1) is 17.9 Å². The van der Waals surface area contributed by atoms with Crippen LogP contribution in [0.5, 0.6) is 0 Å². The van der Waals surface area contributed by atoms with E-state index in [-0.39, 0.29) is 5.91 Å². The minimum Gasteiger partial charge on any atom is -0.340 e. The van der Waals surface area contributed by atoms with Crippen LogP contribution >= 0.6 is 11.8 Å². The molecule has 5 nitrogen and oxygen atoms in total. The first-order valence-electron chi connectivity index (χ1n) is 10.0. The van der Waals surface area contributed by atoms with E-state index in [2.05, 4.69) is 54.5 Å². The molecule has 1 amide bonds. The first kappa shape index (κ1) is 22.1. The van der Waals surface area contributed by atoms with E-state index in [0.717, 1.165) is 22.6 Å². The van der Waals surface area contributed by atoms with Crippen molar-refractivity contribution in [1.82, 2.24) is 19.6 Å². The van der Waals surface area contributed by atoms with Gasteiger partial charge in [0.25, 0.3) is 0 Å². The molecular formula is C24H30N4OS. The van der Waals surface area contributed by atoms with E-state index >= 15 is 0 Å². The maximum atomic E-state index is 12.7. The lowest BCUT2D eigenvalue weighted by molar-refractivity contribution is -0.131. The lowest BCUT2D eigenvalue weighted by Gasteiger charge is -2.22. The summed E-state index contributed by atoms with van der Waals surface area (Å²) < 4.78 is 1.98. The molecule has 0 saturated heterocycles. The number of para-hydroxylation sites is 1. The van der Waals surface area contributed by atoms with Crippen LogP contribution in [0.4, 0.5) is 0 Å². The fourth-order valence-electron chi connectivity index (χ4n) is 3.49. The number of aromatic nitrogens is 2. The van der Waals surface area contributed by atoms with Crippen molar-refractivity contribution in [3.05, 3.63) is 77.1 Å². The molecule has 158 valence electrons. The number of nitrogens with zero attached hydrogens (tertiary/aromatic N) is 4.